The van der Waals surface area contributed by atoms with E-state index < -0.39 is 17.7 Å². The Kier molecular flexibility index (Phi) is 3.06. The highest BCUT2D eigenvalue weighted by Crippen LogP contribution is 2.35. The highest BCUT2D eigenvalue weighted by atomic mass is 35.5. The molecule has 6 heteroatoms. The molecular weight excluding hydrogens is 286 g/mol. The van der Waals surface area contributed by atoms with Gasteiger partial charge in [0.2, 0.25) is 0 Å². The fraction of sp³-hybridized carbons (Fsp3) is 0.0714. The maximum atomic E-state index is 13.1. The van der Waals surface area contributed by atoms with Gasteiger partial charge in [-0.05, 0) is 30.3 Å². The van der Waals surface area contributed by atoms with Crippen LogP contribution in [0, 0.1) is 11.6 Å². The van der Waals surface area contributed by atoms with E-state index in [1.165, 1.54) is 30.3 Å². The molecule has 0 saturated heterocycles. The van der Waals surface area contributed by atoms with E-state index in [-0.39, 0.29) is 10.9 Å². The molecule has 1 heterocycles. The SMILES string of the molecule is O=C1Nc2cc(F)ccc2C1Nc1ccc(F)cc1Cl. The largest absolute Gasteiger partial charge is 0.369 e. The van der Waals surface area contributed by atoms with Gasteiger partial charge in [-0.15, -0.1) is 0 Å². The Morgan fingerprint density at radius 3 is 2.55 bits per heavy atom. The molecule has 1 amide bonds. The number of nitrogens with one attached hydrogen (secondary N) is 2. The smallest absolute Gasteiger partial charge is 0.251 e. The molecule has 102 valence electrons. The Morgan fingerprint density at radius 1 is 1.10 bits per heavy atom. The van der Waals surface area contributed by atoms with Crippen LogP contribution in [0.3, 0.4) is 0 Å². The average Bonchev–Trinajstić information content (AvgIpc) is 2.68. The van der Waals surface area contributed by atoms with Gasteiger partial charge in [-0.1, -0.05) is 17.7 Å². The molecule has 0 radical (unpaired) electrons. The van der Waals surface area contributed by atoms with Crippen LogP contribution in [0.25, 0.3) is 0 Å². The van der Waals surface area contributed by atoms with Crippen molar-refractivity contribution >= 4 is 28.9 Å². The van der Waals surface area contributed by atoms with Crippen molar-refractivity contribution in [2.75, 3.05) is 10.6 Å². The summed E-state index contributed by atoms with van der Waals surface area (Å²) in [5.74, 6) is -1.20. The van der Waals surface area contributed by atoms with E-state index in [1.807, 2.05) is 0 Å². The lowest BCUT2D eigenvalue weighted by molar-refractivity contribution is -0.116. The number of anilines is 2. The Bertz CT molecular complexity index is 706. The van der Waals surface area contributed by atoms with Crippen LogP contribution in [0.15, 0.2) is 36.4 Å². The molecule has 20 heavy (non-hydrogen) atoms. The van der Waals surface area contributed by atoms with Crippen LogP contribution in [-0.4, -0.2) is 5.91 Å². The third-order valence-electron chi connectivity index (χ3n) is 3.08. The second-order valence-electron chi connectivity index (χ2n) is 4.42. The molecule has 2 aromatic carbocycles. The number of hydrogen-bond donors (Lipinski definition) is 2. The minimum atomic E-state index is -0.687. The van der Waals surface area contributed by atoms with E-state index in [0.717, 1.165) is 6.07 Å². The molecular formula is C14H9ClF2N2O. The zero-order chi connectivity index (χ0) is 14.3. The van der Waals surface area contributed by atoms with Gasteiger partial charge in [-0.25, -0.2) is 8.78 Å². The Balaban J connectivity index is 1.94. The van der Waals surface area contributed by atoms with Gasteiger partial charge in [-0.3, -0.25) is 4.79 Å². The first-order valence-corrected chi connectivity index (χ1v) is 6.24. The first-order valence-electron chi connectivity index (χ1n) is 5.86. The van der Waals surface area contributed by atoms with Gasteiger partial charge in [0.05, 0.1) is 10.7 Å². The summed E-state index contributed by atoms with van der Waals surface area (Å²) >= 11 is 5.91. The van der Waals surface area contributed by atoms with Crippen LogP contribution < -0.4 is 10.6 Å². The van der Waals surface area contributed by atoms with Gasteiger partial charge in [0.25, 0.3) is 5.91 Å². The topological polar surface area (TPSA) is 41.1 Å². The monoisotopic (exact) mass is 294 g/mol. The van der Waals surface area contributed by atoms with Crippen molar-refractivity contribution in [3.8, 4) is 0 Å². The molecule has 0 fully saturated rings. The molecule has 0 aliphatic carbocycles. The second kappa shape index (κ2) is 4.76. The summed E-state index contributed by atoms with van der Waals surface area (Å²) in [5, 5.41) is 5.68. The maximum absolute atomic E-state index is 13.1. The van der Waals surface area contributed by atoms with Crippen LogP contribution in [0.1, 0.15) is 11.6 Å². The number of carbonyl (C=O) groups is 1. The van der Waals surface area contributed by atoms with Gasteiger partial charge < -0.3 is 10.6 Å². The van der Waals surface area contributed by atoms with Gasteiger partial charge in [0.15, 0.2) is 0 Å². The molecule has 3 nitrogen and oxygen atoms in total. The maximum Gasteiger partial charge on any atom is 0.251 e. The lowest BCUT2D eigenvalue weighted by Gasteiger charge is -2.14. The van der Waals surface area contributed by atoms with E-state index >= 15 is 0 Å². The van der Waals surface area contributed by atoms with Gasteiger partial charge in [0, 0.05) is 11.3 Å². The number of halogens is 3. The molecule has 2 aromatic rings. The number of carbonyl (C=O) groups excluding carboxylic acids is 1. The molecule has 0 spiro atoms. The first-order chi connectivity index (χ1) is 9.54. The summed E-state index contributed by atoms with van der Waals surface area (Å²) in [6.07, 6.45) is 0. The molecule has 2 N–H and O–H groups in total. The Morgan fingerprint density at radius 2 is 1.80 bits per heavy atom. The summed E-state index contributed by atoms with van der Waals surface area (Å²) < 4.78 is 26.1. The van der Waals surface area contributed by atoms with E-state index in [2.05, 4.69) is 10.6 Å². The van der Waals surface area contributed by atoms with Crippen molar-refractivity contribution < 1.29 is 13.6 Å². The standard InChI is InChI=1S/C14H9ClF2N2O/c15-10-5-7(16)2-4-11(10)18-13-9-3-1-8(17)6-12(9)19-14(13)20/h1-6,13,18H,(H,19,20). The second-order valence-corrected chi connectivity index (χ2v) is 4.83. The highest BCUT2D eigenvalue weighted by molar-refractivity contribution is 6.33. The van der Waals surface area contributed by atoms with Crippen LogP contribution >= 0.6 is 11.6 Å². The lowest BCUT2D eigenvalue weighted by atomic mass is 10.1. The van der Waals surface area contributed by atoms with Crippen molar-refractivity contribution in [1.29, 1.82) is 0 Å². The van der Waals surface area contributed by atoms with E-state index in [1.54, 1.807) is 0 Å². The van der Waals surface area contributed by atoms with Crippen molar-refractivity contribution in [3.05, 3.63) is 58.6 Å². The zero-order valence-corrected chi connectivity index (χ0v) is 10.8. The molecule has 1 unspecified atom stereocenters. The number of benzene rings is 2. The van der Waals surface area contributed by atoms with Gasteiger partial charge in [0.1, 0.15) is 17.7 Å². The lowest BCUT2D eigenvalue weighted by Crippen LogP contribution is -2.19. The van der Waals surface area contributed by atoms with Crippen LogP contribution in [-0.2, 0) is 4.79 Å². The van der Waals surface area contributed by atoms with E-state index in [4.69, 9.17) is 11.6 Å². The number of rotatable bonds is 2. The van der Waals surface area contributed by atoms with E-state index in [9.17, 15) is 13.6 Å². The van der Waals surface area contributed by atoms with Crippen molar-refractivity contribution in [3.63, 3.8) is 0 Å². The molecule has 1 aliphatic rings. The normalized spacial score (nSPS) is 16.8. The Hall–Kier alpha value is -2.14. The predicted molar refractivity (Wildman–Crippen MR) is 72.8 cm³/mol. The quantitative estimate of drug-likeness (QED) is 0.886. The predicted octanol–water partition coefficient (Wildman–Crippen LogP) is 3.72. The summed E-state index contributed by atoms with van der Waals surface area (Å²) in [5.41, 5.74) is 1.48. The minimum absolute atomic E-state index is 0.174. The summed E-state index contributed by atoms with van der Waals surface area (Å²) in [6.45, 7) is 0. The van der Waals surface area contributed by atoms with E-state index in [0.29, 0.717) is 16.9 Å². The summed E-state index contributed by atoms with van der Waals surface area (Å²) in [6, 6.07) is 7.22. The van der Waals surface area contributed by atoms with Crippen LogP contribution in [0.5, 0.6) is 0 Å². The molecule has 0 bridgehead atoms. The van der Waals surface area contributed by atoms with Crippen LogP contribution in [0.2, 0.25) is 5.02 Å². The van der Waals surface area contributed by atoms with Gasteiger partial charge in [-0.2, -0.15) is 0 Å². The Labute approximate surface area is 118 Å². The average molecular weight is 295 g/mol. The molecule has 1 atom stereocenters. The number of fused-ring (bicyclic) bond motifs is 1. The zero-order valence-electron chi connectivity index (χ0n) is 10.1. The molecule has 0 aromatic heterocycles. The number of amides is 1. The fourth-order valence-electron chi connectivity index (χ4n) is 2.14. The molecule has 1 aliphatic heterocycles. The van der Waals surface area contributed by atoms with Gasteiger partial charge >= 0.3 is 0 Å². The van der Waals surface area contributed by atoms with Crippen molar-refractivity contribution in [2.24, 2.45) is 0 Å². The summed E-state index contributed by atoms with van der Waals surface area (Å²) in [7, 11) is 0. The van der Waals surface area contributed by atoms with Crippen molar-refractivity contribution in [2.45, 2.75) is 6.04 Å². The molecule has 3 rings (SSSR count). The minimum Gasteiger partial charge on any atom is -0.369 e. The third-order valence-corrected chi connectivity index (χ3v) is 3.39. The number of hydrogen-bond acceptors (Lipinski definition) is 2. The van der Waals surface area contributed by atoms with Crippen LogP contribution in [0.4, 0.5) is 20.2 Å². The fourth-order valence-corrected chi connectivity index (χ4v) is 2.36. The highest BCUT2D eigenvalue weighted by Gasteiger charge is 2.31. The van der Waals surface area contributed by atoms with Crippen molar-refractivity contribution in [1.82, 2.24) is 0 Å². The third kappa shape index (κ3) is 2.20. The summed E-state index contributed by atoms with van der Waals surface area (Å²) in [4.78, 5) is 11.9. The molecule has 0 saturated carbocycles. The first kappa shape index (κ1) is 12.9.